The molecule has 2 heterocycles. The predicted molar refractivity (Wildman–Crippen MR) is 137 cm³/mol. The Balaban J connectivity index is 0.00000289. The first-order valence-electron chi connectivity index (χ1n) is 11.0. The molecule has 2 N–H and O–H groups in total. The molecule has 2 aromatic carbocycles. The molecule has 0 saturated carbocycles. The van der Waals surface area contributed by atoms with Crippen molar-refractivity contribution in [2.24, 2.45) is 4.99 Å². The van der Waals surface area contributed by atoms with Crippen molar-refractivity contribution in [1.82, 2.24) is 10.6 Å². The molecule has 32 heavy (non-hydrogen) atoms. The van der Waals surface area contributed by atoms with Gasteiger partial charge in [-0.3, -0.25) is 4.79 Å². The monoisotopic (exact) mass is 550 g/mol. The van der Waals surface area contributed by atoms with Crippen molar-refractivity contribution in [3.63, 3.8) is 0 Å². The van der Waals surface area contributed by atoms with E-state index in [0.717, 1.165) is 60.2 Å². The number of hydrogen-bond donors (Lipinski definition) is 2. The van der Waals surface area contributed by atoms with Gasteiger partial charge in [0.05, 0.1) is 19.8 Å². The summed E-state index contributed by atoms with van der Waals surface area (Å²) in [5.41, 5.74) is 3.18. The second kappa shape index (κ2) is 11.9. The number of nitrogens with zero attached hydrogens (tertiary/aromatic N) is 2. The number of fused-ring (bicyclic) bond motifs is 1. The van der Waals surface area contributed by atoms with Crippen LogP contribution in [0.2, 0.25) is 0 Å². The lowest BCUT2D eigenvalue weighted by Crippen LogP contribution is -2.36. The summed E-state index contributed by atoms with van der Waals surface area (Å²) < 4.78 is 11.5. The van der Waals surface area contributed by atoms with E-state index in [9.17, 15) is 4.79 Å². The van der Waals surface area contributed by atoms with E-state index in [-0.39, 0.29) is 29.9 Å². The number of amides is 1. The number of rotatable bonds is 6. The van der Waals surface area contributed by atoms with E-state index in [1.165, 1.54) is 0 Å². The maximum absolute atomic E-state index is 11.9. The van der Waals surface area contributed by atoms with Crippen LogP contribution in [-0.2, 0) is 17.9 Å². The fourth-order valence-corrected chi connectivity index (χ4v) is 3.72. The first-order chi connectivity index (χ1) is 15.2. The van der Waals surface area contributed by atoms with Crippen LogP contribution in [0.25, 0.3) is 0 Å². The number of hydrogen-bond acceptors (Lipinski definition) is 4. The largest absolute Gasteiger partial charge is 0.490 e. The molecule has 2 aliphatic rings. The van der Waals surface area contributed by atoms with E-state index in [1.54, 1.807) is 0 Å². The van der Waals surface area contributed by atoms with Gasteiger partial charge >= 0.3 is 0 Å². The van der Waals surface area contributed by atoms with Crippen molar-refractivity contribution < 1.29 is 14.3 Å². The number of nitrogens with one attached hydrogen (secondary N) is 2. The molecule has 0 atom stereocenters. The topological polar surface area (TPSA) is 75.2 Å². The van der Waals surface area contributed by atoms with Crippen molar-refractivity contribution in [3.8, 4) is 11.5 Å². The summed E-state index contributed by atoms with van der Waals surface area (Å²) in [5.74, 6) is 2.56. The first-order valence-corrected chi connectivity index (χ1v) is 11.0. The molecule has 1 fully saturated rings. The minimum absolute atomic E-state index is 0. The standard InChI is InChI=1S/C24H30N4O3.HI/c1-2-25-24(27-17-19-8-11-21-22(15-19)31-14-4-13-30-21)26-16-18-6-9-20(10-7-18)28-12-3-5-23(28)29;/h6-11,15H,2-5,12-14,16-17H2,1H3,(H2,25,26,27);1H. The zero-order chi connectivity index (χ0) is 21.5. The normalized spacial score (nSPS) is 15.7. The molecule has 2 aliphatic heterocycles. The highest BCUT2D eigenvalue weighted by Crippen LogP contribution is 2.30. The third-order valence-electron chi connectivity index (χ3n) is 5.36. The molecule has 4 rings (SSSR count). The predicted octanol–water partition coefficient (Wildman–Crippen LogP) is 3.85. The molecule has 0 aliphatic carbocycles. The van der Waals surface area contributed by atoms with Crippen LogP contribution in [0.15, 0.2) is 47.5 Å². The van der Waals surface area contributed by atoms with Gasteiger partial charge in [-0.1, -0.05) is 18.2 Å². The van der Waals surface area contributed by atoms with Crippen LogP contribution in [0, 0.1) is 0 Å². The van der Waals surface area contributed by atoms with Crippen LogP contribution in [-0.4, -0.2) is 38.2 Å². The Morgan fingerprint density at radius 3 is 2.47 bits per heavy atom. The van der Waals surface area contributed by atoms with E-state index in [4.69, 9.17) is 14.5 Å². The number of halogens is 1. The lowest BCUT2D eigenvalue weighted by Gasteiger charge is -2.16. The summed E-state index contributed by atoms with van der Waals surface area (Å²) in [6, 6.07) is 14.1. The molecule has 1 saturated heterocycles. The van der Waals surface area contributed by atoms with Crippen molar-refractivity contribution in [1.29, 1.82) is 0 Å². The van der Waals surface area contributed by atoms with Gasteiger partial charge in [0.15, 0.2) is 17.5 Å². The van der Waals surface area contributed by atoms with Gasteiger partial charge < -0.3 is 25.0 Å². The number of guanidine groups is 1. The molecule has 8 heteroatoms. The molecule has 0 radical (unpaired) electrons. The SMILES string of the molecule is CCNC(=NCc1ccc2c(c1)OCCCO2)NCc1ccc(N2CCCC2=O)cc1.I. The molecule has 7 nitrogen and oxygen atoms in total. The van der Waals surface area contributed by atoms with Crippen molar-refractivity contribution in [3.05, 3.63) is 53.6 Å². The number of anilines is 1. The third-order valence-corrected chi connectivity index (χ3v) is 5.36. The highest BCUT2D eigenvalue weighted by Gasteiger charge is 2.21. The highest BCUT2D eigenvalue weighted by molar-refractivity contribution is 14.0. The molecule has 2 aromatic rings. The quantitative estimate of drug-likeness (QED) is 0.325. The van der Waals surface area contributed by atoms with Crippen LogP contribution in [0.3, 0.4) is 0 Å². The maximum atomic E-state index is 11.9. The summed E-state index contributed by atoms with van der Waals surface area (Å²) >= 11 is 0. The van der Waals surface area contributed by atoms with E-state index in [1.807, 2.05) is 42.2 Å². The Labute approximate surface area is 206 Å². The maximum Gasteiger partial charge on any atom is 0.227 e. The molecular weight excluding hydrogens is 519 g/mol. The van der Waals surface area contributed by atoms with Gasteiger partial charge in [0.2, 0.25) is 5.91 Å². The zero-order valence-corrected chi connectivity index (χ0v) is 20.8. The molecule has 0 spiro atoms. The van der Waals surface area contributed by atoms with E-state index < -0.39 is 0 Å². The lowest BCUT2D eigenvalue weighted by atomic mass is 10.2. The molecule has 0 unspecified atom stereocenters. The molecule has 1 amide bonds. The Morgan fingerprint density at radius 1 is 1.00 bits per heavy atom. The van der Waals surface area contributed by atoms with Gasteiger partial charge in [0.25, 0.3) is 0 Å². The Hall–Kier alpha value is -2.49. The first kappa shape index (κ1) is 24.2. The molecule has 172 valence electrons. The van der Waals surface area contributed by atoms with Gasteiger partial charge in [-0.2, -0.15) is 0 Å². The second-order valence-electron chi connectivity index (χ2n) is 7.70. The number of aliphatic imine (C=N–C) groups is 1. The van der Waals surface area contributed by atoms with Gasteiger partial charge in [-0.05, 0) is 48.7 Å². The number of benzene rings is 2. The van der Waals surface area contributed by atoms with Crippen molar-refractivity contribution in [2.45, 2.75) is 39.3 Å². The summed E-state index contributed by atoms with van der Waals surface area (Å²) in [5, 5.41) is 6.67. The van der Waals surface area contributed by atoms with Gasteiger partial charge in [0, 0.05) is 38.2 Å². The van der Waals surface area contributed by atoms with Crippen molar-refractivity contribution in [2.75, 3.05) is 31.2 Å². The van der Waals surface area contributed by atoms with Gasteiger partial charge in [-0.15, -0.1) is 24.0 Å². The van der Waals surface area contributed by atoms with Crippen molar-refractivity contribution >= 4 is 41.5 Å². The fraction of sp³-hybridized carbons (Fsp3) is 0.417. The summed E-state index contributed by atoms with van der Waals surface area (Å²) in [6.07, 6.45) is 2.48. The van der Waals surface area contributed by atoms with Crippen LogP contribution in [0.1, 0.15) is 37.3 Å². The second-order valence-corrected chi connectivity index (χ2v) is 7.70. The fourth-order valence-electron chi connectivity index (χ4n) is 3.72. The van der Waals surface area contributed by atoms with E-state index >= 15 is 0 Å². The Bertz CT molecular complexity index is 933. The van der Waals surface area contributed by atoms with Gasteiger partial charge in [0.1, 0.15) is 0 Å². The molecule has 0 aromatic heterocycles. The van der Waals surface area contributed by atoms with Gasteiger partial charge in [-0.25, -0.2) is 4.99 Å². The Kier molecular flexibility index (Phi) is 9.01. The van der Waals surface area contributed by atoms with E-state index in [2.05, 4.69) is 22.8 Å². The minimum atomic E-state index is 0. The number of carbonyl (C=O) groups excluding carboxylic acids is 1. The molecular formula is C24H31IN4O3. The van der Waals surface area contributed by atoms with Crippen LogP contribution < -0.4 is 25.0 Å². The third kappa shape index (κ3) is 6.27. The minimum Gasteiger partial charge on any atom is -0.490 e. The zero-order valence-electron chi connectivity index (χ0n) is 18.4. The summed E-state index contributed by atoms with van der Waals surface area (Å²) in [6.45, 7) is 6.20. The Morgan fingerprint density at radius 2 is 1.75 bits per heavy atom. The smallest absolute Gasteiger partial charge is 0.227 e. The summed E-state index contributed by atoms with van der Waals surface area (Å²) in [4.78, 5) is 18.5. The number of carbonyl (C=O) groups is 1. The lowest BCUT2D eigenvalue weighted by molar-refractivity contribution is -0.117. The average molecular weight is 550 g/mol. The summed E-state index contributed by atoms with van der Waals surface area (Å²) in [7, 11) is 0. The van der Waals surface area contributed by atoms with Crippen LogP contribution in [0.4, 0.5) is 5.69 Å². The average Bonchev–Trinajstić information content (AvgIpc) is 3.08. The van der Waals surface area contributed by atoms with Crippen LogP contribution >= 0.6 is 24.0 Å². The molecule has 0 bridgehead atoms. The van der Waals surface area contributed by atoms with Crippen LogP contribution in [0.5, 0.6) is 11.5 Å². The highest BCUT2D eigenvalue weighted by atomic mass is 127. The van der Waals surface area contributed by atoms with E-state index in [0.29, 0.717) is 32.7 Å². The number of ether oxygens (including phenoxy) is 2.